The first-order chi connectivity index (χ1) is 8.93. The van der Waals surface area contributed by atoms with Gasteiger partial charge in [0, 0.05) is 0 Å². The molecular formula is C11H17ClF6O2Si. The van der Waals surface area contributed by atoms with E-state index in [0.29, 0.717) is 5.04 Å². The van der Waals surface area contributed by atoms with Crippen LogP contribution in [0, 0.1) is 0 Å². The molecule has 0 aliphatic heterocycles. The van der Waals surface area contributed by atoms with Crippen LogP contribution in [0.2, 0.25) is 18.1 Å². The van der Waals surface area contributed by atoms with E-state index in [1.165, 1.54) is 0 Å². The van der Waals surface area contributed by atoms with Crippen LogP contribution < -0.4 is 0 Å². The standard InChI is InChI=1S/C6H15ClSi.C5H2F6O2/c1-6(2,3)8(4,5)7;6-1(2(12)4(7)8)3(13)5(9,10)11/h1-5H3;1,4H. The summed E-state index contributed by atoms with van der Waals surface area (Å²) in [6, 6.07) is 0. The quantitative estimate of drug-likeness (QED) is 0.322. The molecule has 0 amide bonds. The molecule has 1 atom stereocenters. The van der Waals surface area contributed by atoms with Gasteiger partial charge < -0.3 is 0 Å². The van der Waals surface area contributed by atoms with Gasteiger partial charge in [0.05, 0.1) is 0 Å². The number of carbonyl (C=O) groups is 2. The zero-order chi connectivity index (χ0) is 17.8. The summed E-state index contributed by atoms with van der Waals surface area (Å²) < 4.78 is 68.7. The molecule has 0 aliphatic carbocycles. The summed E-state index contributed by atoms with van der Waals surface area (Å²) in [5.41, 5.74) is 0. The molecule has 0 saturated heterocycles. The summed E-state index contributed by atoms with van der Waals surface area (Å²) in [5, 5.41) is 0.342. The predicted octanol–water partition coefficient (Wildman–Crippen LogP) is 4.52. The lowest BCUT2D eigenvalue weighted by Gasteiger charge is -2.29. The number of rotatable bonds is 3. The van der Waals surface area contributed by atoms with Gasteiger partial charge in [-0.05, 0) is 5.04 Å². The largest absolute Gasteiger partial charge is 0.453 e. The molecule has 0 heterocycles. The fourth-order valence-electron chi connectivity index (χ4n) is 0.384. The third-order valence-corrected chi connectivity index (χ3v) is 8.03. The Kier molecular flexibility index (Phi) is 8.24. The van der Waals surface area contributed by atoms with Gasteiger partial charge in [0.2, 0.25) is 12.0 Å². The fourth-order valence-corrected chi connectivity index (χ4v) is 0.384. The van der Waals surface area contributed by atoms with E-state index in [-0.39, 0.29) is 0 Å². The van der Waals surface area contributed by atoms with E-state index in [9.17, 15) is 35.9 Å². The number of hydrogen-bond donors (Lipinski definition) is 0. The van der Waals surface area contributed by atoms with Crippen molar-refractivity contribution < 1.29 is 35.9 Å². The van der Waals surface area contributed by atoms with Crippen molar-refractivity contribution in [2.45, 2.75) is 57.7 Å². The van der Waals surface area contributed by atoms with Crippen LogP contribution in [0.15, 0.2) is 0 Å². The first-order valence-electron chi connectivity index (χ1n) is 5.68. The van der Waals surface area contributed by atoms with Gasteiger partial charge in [-0.25, -0.2) is 13.2 Å². The second-order valence-electron chi connectivity index (χ2n) is 5.65. The maximum absolute atomic E-state index is 12.0. The van der Waals surface area contributed by atoms with Crippen LogP contribution in [0.3, 0.4) is 0 Å². The number of alkyl halides is 6. The van der Waals surface area contributed by atoms with Gasteiger partial charge in [-0.3, -0.25) is 9.59 Å². The summed E-state index contributed by atoms with van der Waals surface area (Å²) in [7, 11) is -1.39. The molecule has 21 heavy (non-hydrogen) atoms. The molecule has 10 heteroatoms. The molecule has 0 aliphatic rings. The smallest absolute Gasteiger partial charge is 0.289 e. The highest BCUT2D eigenvalue weighted by Gasteiger charge is 2.48. The van der Waals surface area contributed by atoms with E-state index in [2.05, 4.69) is 33.9 Å². The minimum absolute atomic E-state index is 0.342. The molecular weight excluding hydrogens is 342 g/mol. The molecule has 0 bridgehead atoms. The van der Waals surface area contributed by atoms with Gasteiger partial charge in [-0.2, -0.15) is 24.3 Å². The van der Waals surface area contributed by atoms with Crippen LogP contribution in [-0.2, 0) is 9.59 Å². The van der Waals surface area contributed by atoms with Crippen molar-refractivity contribution in [2.75, 3.05) is 0 Å². The SMILES string of the molecule is CC(C)(C)[Si](C)(C)Cl.O=C(C(F)F)C(F)C(=O)C(F)(F)F. The second-order valence-corrected chi connectivity index (χ2v) is 12.9. The first kappa shape index (κ1) is 22.7. The maximum atomic E-state index is 12.0. The van der Waals surface area contributed by atoms with Gasteiger partial charge >= 0.3 is 6.18 Å². The summed E-state index contributed by atoms with van der Waals surface area (Å²) >= 11 is 6.15. The summed E-state index contributed by atoms with van der Waals surface area (Å²) in [5.74, 6) is -5.79. The highest BCUT2D eigenvalue weighted by atomic mass is 35.6. The zero-order valence-electron chi connectivity index (χ0n) is 12.1. The lowest BCUT2D eigenvalue weighted by Crippen LogP contribution is -2.39. The fraction of sp³-hybridized carbons (Fsp3) is 0.818. The Balaban J connectivity index is 0. The Hall–Kier alpha value is -0.573. The normalized spacial score (nSPS) is 14.3. The van der Waals surface area contributed by atoms with Crippen LogP contribution >= 0.6 is 11.1 Å². The summed E-state index contributed by atoms with van der Waals surface area (Å²) in [6.45, 7) is 11.0. The first-order valence-corrected chi connectivity index (χ1v) is 9.70. The number of ketones is 2. The number of halogens is 7. The highest BCUT2D eigenvalue weighted by molar-refractivity contribution is 7.20. The van der Waals surface area contributed by atoms with E-state index >= 15 is 0 Å². The van der Waals surface area contributed by atoms with Crippen LogP contribution in [-0.4, -0.2) is 37.7 Å². The molecule has 0 aromatic rings. The molecule has 0 saturated carbocycles. The molecule has 0 spiro atoms. The lowest BCUT2D eigenvalue weighted by molar-refractivity contribution is -0.178. The topological polar surface area (TPSA) is 34.1 Å². The molecule has 0 N–H and O–H groups in total. The minimum atomic E-state index is -5.62. The maximum Gasteiger partial charge on any atom is 0.453 e. The van der Waals surface area contributed by atoms with Crippen molar-refractivity contribution in [1.82, 2.24) is 0 Å². The molecule has 0 radical (unpaired) electrons. The summed E-state index contributed by atoms with van der Waals surface area (Å²) in [4.78, 5) is 19.7. The van der Waals surface area contributed by atoms with Crippen molar-refractivity contribution in [3.63, 3.8) is 0 Å². The molecule has 126 valence electrons. The third kappa shape index (κ3) is 8.45. The van der Waals surface area contributed by atoms with E-state index in [1.54, 1.807) is 0 Å². The van der Waals surface area contributed by atoms with Crippen molar-refractivity contribution >= 4 is 30.0 Å². The van der Waals surface area contributed by atoms with Crippen molar-refractivity contribution in [1.29, 1.82) is 0 Å². The van der Waals surface area contributed by atoms with Crippen molar-refractivity contribution in [2.24, 2.45) is 0 Å². The van der Waals surface area contributed by atoms with Gasteiger partial charge in [0.1, 0.15) is 0 Å². The molecule has 0 fully saturated rings. The van der Waals surface area contributed by atoms with E-state index in [4.69, 9.17) is 11.1 Å². The summed E-state index contributed by atoms with van der Waals surface area (Å²) in [6.07, 6.45) is -13.4. The molecule has 0 aromatic heterocycles. The van der Waals surface area contributed by atoms with Gasteiger partial charge in [-0.1, -0.05) is 33.9 Å². The van der Waals surface area contributed by atoms with Crippen LogP contribution in [0.4, 0.5) is 26.3 Å². The van der Waals surface area contributed by atoms with E-state index < -0.39 is 37.7 Å². The average molecular weight is 359 g/mol. The van der Waals surface area contributed by atoms with Crippen molar-refractivity contribution in [3.8, 4) is 0 Å². The molecule has 0 aromatic carbocycles. The number of hydrogen-bond acceptors (Lipinski definition) is 2. The van der Waals surface area contributed by atoms with Gasteiger partial charge in [-0.15, -0.1) is 0 Å². The van der Waals surface area contributed by atoms with Crippen LogP contribution in [0.1, 0.15) is 20.8 Å². The van der Waals surface area contributed by atoms with Gasteiger partial charge in [0.15, 0.2) is 7.38 Å². The molecule has 0 rings (SSSR count). The number of Topliss-reactive ketones (excluding diaryl/α,β-unsaturated/α-hetero) is 2. The lowest BCUT2D eigenvalue weighted by atomic mass is 10.1. The highest BCUT2D eigenvalue weighted by Crippen LogP contribution is 2.38. The average Bonchev–Trinajstić information content (AvgIpc) is 2.22. The Morgan fingerprint density at radius 1 is 1.00 bits per heavy atom. The van der Waals surface area contributed by atoms with Crippen LogP contribution in [0.25, 0.3) is 0 Å². The Morgan fingerprint density at radius 3 is 1.43 bits per heavy atom. The van der Waals surface area contributed by atoms with Crippen LogP contribution in [0.5, 0.6) is 0 Å². The monoisotopic (exact) mass is 358 g/mol. The van der Waals surface area contributed by atoms with E-state index in [1.807, 2.05) is 0 Å². The molecule has 2 nitrogen and oxygen atoms in total. The van der Waals surface area contributed by atoms with E-state index in [0.717, 1.165) is 0 Å². The Labute approximate surface area is 124 Å². The number of carbonyl (C=O) groups excluding carboxylic acids is 2. The van der Waals surface area contributed by atoms with Gasteiger partial charge in [0.25, 0.3) is 12.2 Å². The second kappa shape index (κ2) is 7.62. The third-order valence-electron chi connectivity index (χ3n) is 2.76. The predicted molar refractivity (Wildman–Crippen MR) is 70.0 cm³/mol. The minimum Gasteiger partial charge on any atom is -0.289 e. The Morgan fingerprint density at radius 2 is 1.29 bits per heavy atom. The zero-order valence-corrected chi connectivity index (χ0v) is 13.9. The Bertz CT molecular complexity index is 358. The van der Waals surface area contributed by atoms with Crippen molar-refractivity contribution in [3.05, 3.63) is 0 Å². The molecule has 1 unspecified atom stereocenters.